The van der Waals surface area contributed by atoms with Gasteiger partial charge < -0.3 is 14.8 Å². The van der Waals surface area contributed by atoms with Crippen LogP contribution in [0.25, 0.3) is 0 Å². The number of hydrogen-bond acceptors (Lipinski definition) is 4. The Morgan fingerprint density at radius 2 is 1.96 bits per heavy atom. The third kappa shape index (κ3) is 4.02. The highest BCUT2D eigenvalue weighted by molar-refractivity contribution is 6.35. The van der Waals surface area contributed by atoms with Crippen molar-refractivity contribution in [1.82, 2.24) is 0 Å². The molecule has 2 aromatic carbocycles. The molecule has 2 unspecified atom stereocenters. The lowest BCUT2D eigenvalue weighted by Gasteiger charge is -2.33. The Morgan fingerprint density at radius 3 is 2.64 bits per heavy atom. The molecule has 0 saturated heterocycles. The van der Waals surface area contributed by atoms with Crippen LogP contribution in [0.2, 0.25) is 10.0 Å². The maximum absolute atomic E-state index is 11.7. The van der Waals surface area contributed by atoms with Gasteiger partial charge in [-0.1, -0.05) is 53.0 Å². The van der Waals surface area contributed by atoms with E-state index in [0.717, 1.165) is 16.8 Å². The maximum Gasteiger partial charge on any atom is 0.510 e. The van der Waals surface area contributed by atoms with Gasteiger partial charge in [-0.25, -0.2) is 4.79 Å². The molecule has 0 fully saturated rings. The molecular formula is C19H19Cl2NO3. The SMILES string of the molecule is CCOC(=O)OC1CC(c2ccc(C)cc2)c2c(Cl)cc(Cl)cc2N1. The third-order valence-electron chi connectivity index (χ3n) is 4.19. The second-order valence-corrected chi connectivity index (χ2v) is 6.83. The molecule has 0 spiro atoms. The van der Waals surface area contributed by atoms with E-state index in [9.17, 15) is 4.79 Å². The van der Waals surface area contributed by atoms with Crippen LogP contribution in [0.1, 0.15) is 36.0 Å². The van der Waals surface area contributed by atoms with Crippen LogP contribution in [0.5, 0.6) is 0 Å². The largest absolute Gasteiger partial charge is 0.510 e. The van der Waals surface area contributed by atoms with Gasteiger partial charge in [0, 0.05) is 33.6 Å². The predicted octanol–water partition coefficient (Wildman–Crippen LogP) is 5.75. The summed E-state index contributed by atoms with van der Waals surface area (Å²) in [6.45, 7) is 4.04. The van der Waals surface area contributed by atoms with Crippen molar-refractivity contribution in [3.05, 3.63) is 63.1 Å². The van der Waals surface area contributed by atoms with Crippen LogP contribution < -0.4 is 5.32 Å². The van der Waals surface area contributed by atoms with Crippen LogP contribution in [0.15, 0.2) is 36.4 Å². The average molecular weight is 380 g/mol. The van der Waals surface area contributed by atoms with Gasteiger partial charge in [0.25, 0.3) is 0 Å². The average Bonchev–Trinajstić information content (AvgIpc) is 2.54. The molecule has 0 amide bonds. The van der Waals surface area contributed by atoms with E-state index in [-0.39, 0.29) is 12.5 Å². The Kier molecular flexibility index (Phi) is 5.40. The molecule has 0 bridgehead atoms. The quantitative estimate of drug-likeness (QED) is 0.689. The summed E-state index contributed by atoms with van der Waals surface area (Å²) < 4.78 is 10.3. The number of carbonyl (C=O) groups excluding carboxylic acids is 1. The lowest BCUT2D eigenvalue weighted by molar-refractivity contribution is 0.0302. The number of fused-ring (bicyclic) bond motifs is 1. The number of benzene rings is 2. The first kappa shape index (κ1) is 17.9. The molecule has 0 radical (unpaired) electrons. The van der Waals surface area contributed by atoms with Gasteiger partial charge in [0.1, 0.15) is 0 Å². The Balaban J connectivity index is 1.98. The monoisotopic (exact) mass is 379 g/mol. The highest BCUT2D eigenvalue weighted by atomic mass is 35.5. The predicted molar refractivity (Wildman–Crippen MR) is 99.6 cm³/mol. The van der Waals surface area contributed by atoms with E-state index in [4.69, 9.17) is 32.7 Å². The van der Waals surface area contributed by atoms with Gasteiger partial charge in [-0.15, -0.1) is 0 Å². The maximum atomic E-state index is 11.7. The van der Waals surface area contributed by atoms with E-state index >= 15 is 0 Å². The molecule has 4 nitrogen and oxygen atoms in total. The van der Waals surface area contributed by atoms with Crippen molar-refractivity contribution in [2.75, 3.05) is 11.9 Å². The second-order valence-electron chi connectivity index (χ2n) is 5.98. The van der Waals surface area contributed by atoms with Gasteiger partial charge in [0.15, 0.2) is 6.23 Å². The van der Waals surface area contributed by atoms with E-state index in [1.54, 1.807) is 19.1 Å². The number of carbonyl (C=O) groups is 1. The van der Waals surface area contributed by atoms with Crippen molar-refractivity contribution < 1.29 is 14.3 Å². The molecule has 1 aliphatic rings. The number of anilines is 1. The van der Waals surface area contributed by atoms with Crippen molar-refractivity contribution in [3.63, 3.8) is 0 Å². The van der Waals surface area contributed by atoms with Crippen LogP contribution in [-0.2, 0) is 9.47 Å². The van der Waals surface area contributed by atoms with Crippen molar-refractivity contribution in [3.8, 4) is 0 Å². The zero-order valence-corrected chi connectivity index (χ0v) is 15.5. The van der Waals surface area contributed by atoms with Crippen molar-refractivity contribution in [2.45, 2.75) is 32.4 Å². The molecule has 0 aliphatic carbocycles. The number of nitrogens with one attached hydrogen (secondary N) is 1. The van der Waals surface area contributed by atoms with E-state index in [1.807, 2.05) is 6.92 Å². The van der Waals surface area contributed by atoms with Crippen LogP contribution in [0, 0.1) is 6.92 Å². The fraction of sp³-hybridized carbons (Fsp3) is 0.316. The van der Waals surface area contributed by atoms with Crippen LogP contribution in [0.4, 0.5) is 10.5 Å². The van der Waals surface area contributed by atoms with E-state index in [0.29, 0.717) is 16.5 Å². The summed E-state index contributed by atoms with van der Waals surface area (Å²) in [7, 11) is 0. The van der Waals surface area contributed by atoms with Gasteiger partial charge >= 0.3 is 6.16 Å². The first-order valence-electron chi connectivity index (χ1n) is 8.13. The molecule has 1 aliphatic heterocycles. The molecule has 2 atom stereocenters. The zero-order chi connectivity index (χ0) is 18.0. The standard InChI is InChI=1S/C19H19Cl2NO3/c1-3-24-19(23)25-17-10-14(12-6-4-11(2)5-7-12)18-15(21)8-13(20)9-16(18)22-17/h4-9,14,17,22H,3,10H2,1-2H3. The Labute approximate surface area is 157 Å². The Morgan fingerprint density at radius 1 is 1.24 bits per heavy atom. The molecule has 132 valence electrons. The number of rotatable bonds is 3. The van der Waals surface area contributed by atoms with Crippen molar-refractivity contribution in [2.24, 2.45) is 0 Å². The van der Waals surface area contributed by atoms with E-state index in [2.05, 4.69) is 29.6 Å². The van der Waals surface area contributed by atoms with Crippen LogP contribution >= 0.6 is 23.2 Å². The molecule has 1 heterocycles. The number of aryl methyl sites for hydroxylation is 1. The number of hydrogen-bond donors (Lipinski definition) is 1. The highest BCUT2D eigenvalue weighted by Gasteiger charge is 2.32. The molecule has 2 aromatic rings. The summed E-state index contributed by atoms with van der Waals surface area (Å²) in [6.07, 6.45) is -0.664. The summed E-state index contributed by atoms with van der Waals surface area (Å²) >= 11 is 12.6. The van der Waals surface area contributed by atoms with Gasteiger partial charge in [-0.05, 0) is 31.5 Å². The highest BCUT2D eigenvalue weighted by Crippen LogP contribution is 2.44. The van der Waals surface area contributed by atoms with Gasteiger partial charge in [-0.2, -0.15) is 0 Å². The van der Waals surface area contributed by atoms with Crippen molar-refractivity contribution in [1.29, 1.82) is 0 Å². The minimum absolute atomic E-state index is 0.0129. The Bertz CT molecular complexity index is 777. The number of ether oxygens (including phenoxy) is 2. The van der Waals surface area contributed by atoms with Crippen LogP contribution in [0.3, 0.4) is 0 Å². The molecule has 25 heavy (non-hydrogen) atoms. The lowest BCUT2D eigenvalue weighted by Crippen LogP contribution is -2.33. The van der Waals surface area contributed by atoms with Gasteiger partial charge in [-0.3, -0.25) is 0 Å². The summed E-state index contributed by atoms with van der Waals surface area (Å²) in [5, 5.41) is 4.30. The molecule has 1 N–H and O–H groups in total. The zero-order valence-electron chi connectivity index (χ0n) is 14.0. The summed E-state index contributed by atoms with van der Waals surface area (Å²) in [6, 6.07) is 11.8. The van der Waals surface area contributed by atoms with Crippen LogP contribution in [-0.4, -0.2) is 19.0 Å². The lowest BCUT2D eigenvalue weighted by atomic mass is 9.84. The fourth-order valence-corrected chi connectivity index (χ4v) is 3.69. The molecule has 6 heteroatoms. The van der Waals surface area contributed by atoms with Gasteiger partial charge in [0.2, 0.25) is 0 Å². The smallest absolute Gasteiger partial charge is 0.435 e. The first-order chi connectivity index (χ1) is 12.0. The van der Waals surface area contributed by atoms with E-state index in [1.165, 1.54) is 5.56 Å². The third-order valence-corrected chi connectivity index (χ3v) is 4.72. The minimum Gasteiger partial charge on any atom is -0.435 e. The molecule has 3 rings (SSSR count). The summed E-state index contributed by atoms with van der Waals surface area (Å²) in [5.41, 5.74) is 4.01. The summed E-state index contributed by atoms with van der Waals surface area (Å²) in [5.74, 6) is -0.0129. The normalized spacial score (nSPS) is 18.9. The minimum atomic E-state index is -0.695. The van der Waals surface area contributed by atoms with E-state index < -0.39 is 12.4 Å². The topological polar surface area (TPSA) is 47.6 Å². The molecule has 0 aromatic heterocycles. The second kappa shape index (κ2) is 7.54. The van der Waals surface area contributed by atoms with Crippen molar-refractivity contribution >= 4 is 35.0 Å². The number of halogens is 2. The molecule has 0 saturated carbocycles. The summed E-state index contributed by atoms with van der Waals surface area (Å²) in [4.78, 5) is 11.7. The Hall–Kier alpha value is -1.91. The molecular weight excluding hydrogens is 361 g/mol. The fourth-order valence-electron chi connectivity index (χ4n) is 3.07. The first-order valence-corrected chi connectivity index (χ1v) is 8.89. The van der Waals surface area contributed by atoms with Gasteiger partial charge in [0.05, 0.1) is 6.61 Å².